The van der Waals surface area contributed by atoms with Crippen LogP contribution in [0.2, 0.25) is 0 Å². The van der Waals surface area contributed by atoms with Gasteiger partial charge in [-0.25, -0.2) is 14.6 Å². The molecule has 1 amide bonds. The van der Waals surface area contributed by atoms with Crippen LogP contribution in [0, 0.1) is 0 Å². The lowest BCUT2D eigenvalue weighted by atomic mass is 10.2. The van der Waals surface area contributed by atoms with E-state index < -0.39 is 17.7 Å². The Balaban J connectivity index is 2.22. The van der Waals surface area contributed by atoms with E-state index in [-0.39, 0.29) is 11.8 Å². The highest BCUT2D eigenvalue weighted by Gasteiger charge is 2.17. The van der Waals surface area contributed by atoms with Crippen LogP contribution in [0.1, 0.15) is 44.6 Å². The molecule has 0 aromatic carbocycles. The number of carbonyl (C=O) groups is 2. The van der Waals surface area contributed by atoms with Crippen LogP contribution in [0.4, 0.5) is 4.79 Å². The van der Waals surface area contributed by atoms with Gasteiger partial charge in [0.15, 0.2) is 12.1 Å². The highest BCUT2D eigenvalue weighted by molar-refractivity contribution is 5.86. The van der Waals surface area contributed by atoms with Gasteiger partial charge in [-0.05, 0) is 27.7 Å². The van der Waals surface area contributed by atoms with Crippen LogP contribution in [0.25, 0.3) is 0 Å². The van der Waals surface area contributed by atoms with Crippen molar-refractivity contribution in [2.75, 3.05) is 6.54 Å². The van der Waals surface area contributed by atoms with Crippen molar-refractivity contribution in [2.24, 2.45) is 0 Å². The van der Waals surface area contributed by atoms with Crippen LogP contribution in [0.3, 0.4) is 0 Å². The Bertz CT molecular complexity index is 436. The molecule has 7 heteroatoms. The third kappa shape index (κ3) is 6.21. The average Bonchev–Trinajstić information content (AvgIpc) is 2.79. The lowest BCUT2D eigenvalue weighted by Gasteiger charge is -2.20. The number of amides is 1. The first kappa shape index (κ1) is 16.0. The molecule has 112 valence electrons. The van der Waals surface area contributed by atoms with Crippen molar-refractivity contribution in [1.29, 1.82) is 0 Å². The number of esters is 1. The first-order chi connectivity index (χ1) is 9.28. The largest absolute Gasteiger partial charge is 0.458 e. The van der Waals surface area contributed by atoms with Crippen molar-refractivity contribution in [2.45, 2.75) is 45.8 Å². The molecule has 1 atom stereocenters. The van der Waals surface area contributed by atoms with Crippen molar-refractivity contribution in [1.82, 2.24) is 10.3 Å². The smallest absolute Gasteiger partial charge is 0.407 e. The minimum atomic E-state index is -0.552. The fourth-order valence-electron chi connectivity index (χ4n) is 1.31. The van der Waals surface area contributed by atoms with Crippen molar-refractivity contribution >= 4 is 12.1 Å². The number of hydrogen-bond donors (Lipinski definition) is 1. The highest BCUT2D eigenvalue weighted by atomic mass is 16.6. The second-order valence-electron chi connectivity index (χ2n) is 5.31. The molecule has 0 saturated carbocycles. The predicted octanol–water partition coefficient (Wildman–Crippen LogP) is 2.13. The molecule has 0 aliphatic carbocycles. The monoisotopic (exact) mass is 284 g/mol. The number of alkyl carbamates (subject to hydrolysis) is 1. The van der Waals surface area contributed by atoms with Gasteiger partial charge in [-0.1, -0.05) is 0 Å². The van der Waals surface area contributed by atoms with Gasteiger partial charge < -0.3 is 19.2 Å². The number of aromatic nitrogens is 1. The Morgan fingerprint density at radius 3 is 2.70 bits per heavy atom. The normalized spacial score (nSPS) is 12.6. The van der Waals surface area contributed by atoms with Gasteiger partial charge in [0.1, 0.15) is 18.0 Å². The van der Waals surface area contributed by atoms with Crippen LogP contribution in [0.5, 0.6) is 0 Å². The van der Waals surface area contributed by atoms with Crippen molar-refractivity contribution in [3.63, 3.8) is 0 Å². The van der Waals surface area contributed by atoms with E-state index in [0.717, 1.165) is 6.39 Å². The van der Waals surface area contributed by atoms with Gasteiger partial charge in [-0.15, -0.1) is 0 Å². The summed E-state index contributed by atoms with van der Waals surface area (Å²) in [6.45, 7) is 7.44. The zero-order valence-corrected chi connectivity index (χ0v) is 12.1. The molecule has 0 aliphatic heterocycles. The SMILES string of the molecule is CC(CCNC(=O)OC(C)(C)C)OC(=O)c1cocn1. The van der Waals surface area contributed by atoms with Gasteiger partial charge in [0.05, 0.1) is 0 Å². The van der Waals surface area contributed by atoms with Crippen LogP contribution in [0.15, 0.2) is 17.1 Å². The van der Waals surface area contributed by atoms with Crippen molar-refractivity contribution in [3.05, 3.63) is 18.4 Å². The lowest BCUT2D eigenvalue weighted by molar-refractivity contribution is 0.0312. The summed E-state index contributed by atoms with van der Waals surface area (Å²) in [7, 11) is 0. The molecule has 0 bridgehead atoms. The molecule has 0 saturated heterocycles. The fourth-order valence-corrected chi connectivity index (χ4v) is 1.31. The van der Waals surface area contributed by atoms with Gasteiger partial charge in [-0.3, -0.25) is 0 Å². The van der Waals surface area contributed by atoms with Crippen molar-refractivity contribution in [3.8, 4) is 0 Å². The van der Waals surface area contributed by atoms with E-state index in [1.807, 2.05) is 0 Å². The van der Waals surface area contributed by atoms with Crippen LogP contribution in [-0.2, 0) is 9.47 Å². The Kier molecular flexibility index (Phi) is 5.54. The Labute approximate surface area is 117 Å². The highest BCUT2D eigenvalue weighted by Crippen LogP contribution is 2.07. The van der Waals surface area contributed by atoms with E-state index in [1.165, 1.54) is 6.26 Å². The van der Waals surface area contributed by atoms with Crippen molar-refractivity contribution < 1.29 is 23.5 Å². The van der Waals surface area contributed by atoms with E-state index in [2.05, 4.69) is 10.3 Å². The first-order valence-electron chi connectivity index (χ1n) is 6.34. The van der Waals surface area contributed by atoms with E-state index >= 15 is 0 Å². The second-order valence-corrected chi connectivity index (χ2v) is 5.31. The van der Waals surface area contributed by atoms with E-state index in [9.17, 15) is 9.59 Å². The Morgan fingerprint density at radius 1 is 1.45 bits per heavy atom. The van der Waals surface area contributed by atoms with Gasteiger partial charge in [0.25, 0.3) is 0 Å². The number of nitrogens with zero attached hydrogens (tertiary/aromatic N) is 1. The number of hydrogen-bond acceptors (Lipinski definition) is 6. The first-order valence-corrected chi connectivity index (χ1v) is 6.34. The average molecular weight is 284 g/mol. The predicted molar refractivity (Wildman–Crippen MR) is 70.2 cm³/mol. The summed E-state index contributed by atoms with van der Waals surface area (Å²) in [4.78, 5) is 26.6. The number of nitrogens with one attached hydrogen (secondary N) is 1. The minimum absolute atomic E-state index is 0.122. The van der Waals surface area contributed by atoms with Gasteiger partial charge >= 0.3 is 12.1 Å². The molecule has 1 aromatic rings. The molecule has 1 rings (SSSR count). The molecule has 1 unspecified atom stereocenters. The number of oxazole rings is 1. The summed E-state index contributed by atoms with van der Waals surface area (Å²) in [5.41, 5.74) is -0.410. The third-order valence-electron chi connectivity index (χ3n) is 2.17. The lowest BCUT2D eigenvalue weighted by Crippen LogP contribution is -2.34. The quantitative estimate of drug-likeness (QED) is 0.833. The molecular formula is C13H20N2O5. The van der Waals surface area contributed by atoms with Crippen LogP contribution in [-0.4, -0.2) is 35.3 Å². The molecule has 1 N–H and O–H groups in total. The maximum atomic E-state index is 11.5. The van der Waals surface area contributed by atoms with E-state index in [1.54, 1.807) is 27.7 Å². The van der Waals surface area contributed by atoms with Crippen LogP contribution < -0.4 is 5.32 Å². The third-order valence-corrected chi connectivity index (χ3v) is 2.17. The summed E-state index contributed by atoms with van der Waals surface area (Å²) >= 11 is 0. The number of rotatable bonds is 5. The molecule has 0 radical (unpaired) electrons. The molecule has 0 fully saturated rings. The summed E-state index contributed by atoms with van der Waals surface area (Å²) in [6.07, 6.45) is 2.00. The Hall–Kier alpha value is -2.05. The molecule has 7 nitrogen and oxygen atoms in total. The maximum Gasteiger partial charge on any atom is 0.407 e. The van der Waals surface area contributed by atoms with Gasteiger partial charge in [-0.2, -0.15) is 0 Å². The summed E-state index contributed by atoms with van der Waals surface area (Å²) in [5.74, 6) is -0.552. The standard InChI is InChI=1S/C13H20N2O5/c1-9(19-11(16)10-7-18-8-15-10)5-6-14-12(17)20-13(2,3)4/h7-9H,5-6H2,1-4H3,(H,14,17). The molecule has 0 spiro atoms. The Morgan fingerprint density at radius 2 is 2.15 bits per heavy atom. The van der Waals surface area contributed by atoms with E-state index in [4.69, 9.17) is 13.9 Å². The van der Waals surface area contributed by atoms with Gasteiger partial charge in [0, 0.05) is 13.0 Å². The van der Waals surface area contributed by atoms with E-state index in [0.29, 0.717) is 13.0 Å². The zero-order chi connectivity index (χ0) is 15.2. The molecule has 1 aromatic heterocycles. The van der Waals surface area contributed by atoms with Gasteiger partial charge in [0.2, 0.25) is 0 Å². The summed E-state index contributed by atoms with van der Waals surface area (Å²) in [6, 6.07) is 0. The number of ether oxygens (including phenoxy) is 2. The summed E-state index contributed by atoms with van der Waals surface area (Å²) in [5, 5.41) is 2.59. The fraction of sp³-hybridized carbons (Fsp3) is 0.615. The number of carbonyl (C=O) groups excluding carboxylic acids is 2. The topological polar surface area (TPSA) is 90.7 Å². The molecule has 1 heterocycles. The molecule has 0 aliphatic rings. The molecule has 20 heavy (non-hydrogen) atoms. The minimum Gasteiger partial charge on any atom is -0.458 e. The maximum absolute atomic E-state index is 11.5. The second kappa shape index (κ2) is 6.93. The molecular weight excluding hydrogens is 264 g/mol. The summed E-state index contributed by atoms with van der Waals surface area (Å²) < 4.78 is 14.9. The zero-order valence-electron chi connectivity index (χ0n) is 12.1. The van der Waals surface area contributed by atoms with Crippen LogP contribution >= 0.6 is 0 Å².